The maximum Gasteiger partial charge on any atom is 0.0487 e. The van der Waals surface area contributed by atoms with E-state index in [1.54, 1.807) is 0 Å². The molecule has 94 valence electrons. The van der Waals surface area contributed by atoms with Crippen LogP contribution in [0.3, 0.4) is 0 Å². The fourth-order valence-electron chi connectivity index (χ4n) is 1.83. The molecule has 0 bridgehead atoms. The van der Waals surface area contributed by atoms with Gasteiger partial charge >= 0.3 is 0 Å². The van der Waals surface area contributed by atoms with E-state index in [1.165, 1.54) is 5.56 Å². The van der Waals surface area contributed by atoms with Crippen LogP contribution in [0.5, 0.6) is 0 Å². The average molecular weight is 325 g/mol. The van der Waals surface area contributed by atoms with Crippen LogP contribution in [0.1, 0.15) is 12.5 Å². The highest BCUT2D eigenvalue weighted by molar-refractivity contribution is 9.10. The van der Waals surface area contributed by atoms with E-state index in [2.05, 4.69) is 52.4 Å². The summed E-state index contributed by atoms with van der Waals surface area (Å²) < 4.78 is 1.06. The Hall–Kier alpha value is -0.830. The Morgan fingerprint density at radius 1 is 1.17 bits per heavy atom. The van der Waals surface area contributed by atoms with Gasteiger partial charge in [-0.05, 0) is 35.9 Å². The fraction of sp³-hybridized carbons (Fsp3) is 0.200. The first-order valence-electron chi connectivity index (χ1n) is 5.96. The van der Waals surface area contributed by atoms with Gasteiger partial charge in [0.25, 0.3) is 0 Å². The topological polar surface area (TPSA) is 12.0 Å². The third-order valence-corrected chi connectivity index (χ3v) is 3.55. The van der Waals surface area contributed by atoms with Crippen LogP contribution in [-0.2, 0) is 6.54 Å². The van der Waals surface area contributed by atoms with E-state index < -0.39 is 0 Å². The van der Waals surface area contributed by atoms with E-state index in [0.29, 0.717) is 0 Å². The number of nitrogens with one attached hydrogen (secondary N) is 1. The van der Waals surface area contributed by atoms with Gasteiger partial charge in [-0.1, -0.05) is 58.7 Å². The lowest BCUT2D eigenvalue weighted by Crippen LogP contribution is -2.11. The van der Waals surface area contributed by atoms with Gasteiger partial charge in [0.1, 0.15) is 0 Å². The van der Waals surface area contributed by atoms with E-state index in [-0.39, 0.29) is 0 Å². The van der Waals surface area contributed by atoms with E-state index >= 15 is 0 Å². The van der Waals surface area contributed by atoms with E-state index in [0.717, 1.165) is 33.7 Å². The largest absolute Gasteiger partial charge is 0.313 e. The highest BCUT2D eigenvalue weighted by Crippen LogP contribution is 2.30. The predicted octanol–water partition coefficient (Wildman–Crippen LogP) is 4.88. The van der Waals surface area contributed by atoms with E-state index in [9.17, 15) is 0 Å². The molecule has 0 aromatic heterocycles. The number of benzene rings is 2. The molecule has 1 N–H and O–H groups in total. The van der Waals surface area contributed by atoms with Crippen molar-refractivity contribution in [3.05, 3.63) is 57.5 Å². The van der Waals surface area contributed by atoms with Crippen LogP contribution in [0.15, 0.2) is 46.9 Å². The molecular formula is C15H15BrClN. The molecule has 0 spiro atoms. The summed E-state index contributed by atoms with van der Waals surface area (Å²) in [5.74, 6) is 0. The van der Waals surface area contributed by atoms with Crippen molar-refractivity contribution in [2.45, 2.75) is 13.5 Å². The summed E-state index contributed by atoms with van der Waals surface area (Å²) in [6.07, 6.45) is 0. The highest BCUT2D eigenvalue weighted by Gasteiger charge is 2.05. The quantitative estimate of drug-likeness (QED) is 0.845. The van der Waals surface area contributed by atoms with Gasteiger partial charge in [-0.2, -0.15) is 0 Å². The Labute approximate surface area is 121 Å². The van der Waals surface area contributed by atoms with E-state index in [1.807, 2.05) is 18.2 Å². The molecule has 2 rings (SSSR count). The first-order chi connectivity index (χ1) is 8.70. The molecule has 2 aromatic rings. The Kier molecular flexibility index (Phi) is 4.81. The number of halogens is 2. The highest BCUT2D eigenvalue weighted by atomic mass is 79.9. The Morgan fingerprint density at radius 3 is 2.67 bits per heavy atom. The molecule has 0 aliphatic carbocycles. The van der Waals surface area contributed by atoms with Crippen molar-refractivity contribution in [2.24, 2.45) is 0 Å². The molecule has 0 saturated heterocycles. The van der Waals surface area contributed by atoms with Crippen LogP contribution in [0.2, 0.25) is 5.02 Å². The van der Waals surface area contributed by atoms with Crippen molar-refractivity contribution in [2.75, 3.05) is 6.54 Å². The minimum atomic E-state index is 0.795. The number of hydrogen-bond acceptors (Lipinski definition) is 1. The lowest BCUT2D eigenvalue weighted by molar-refractivity contribution is 0.727. The summed E-state index contributed by atoms with van der Waals surface area (Å²) in [6, 6.07) is 14.4. The van der Waals surface area contributed by atoms with Crippen LogP contribution in [0.4, 0.5) is 0 Å². The molecule has 2 aromatic carbocycles. The zero-order valence-corrected chi connectivity index (χ0v) is 12.6. The summed E-state index contributed by atoms with van der Waals surface area (Å²) in [7, 11) is 0. The maximum atomic E-state index is 6.35. The maximum absolute atomic E-state index is 6.35. The second kappa shape index (κ2) is 6.37. The minimum Gasteiger partial charge on any atom is -0.313 e. The minimum absolute atomic E-state index is 0.795. The molecule has 0 saturated carbocycles. The molecule has 0 amide bonds. The van der Waals surface area contributed by atoms with Gasteiger partial charge in [0.2, 0.25) is 0 Å². The summed E-state index contributed by atoms with van der Waals surface area (Å²) >= 11 is 9.83. The molecule has 0 heterocycles. The molecule has 0 aliphatic rings. The van der Waals surface area contributed by atoms with Gasteiger partial charge in [0.15, 0.2) is 0 Å². The molecule has 0 radical (unpaired) electrons. The smallest absolute Gasteiger partial charge is 0.0487 e. The van der Waals surface area contributed by atoms with Crippen molar-refractivity contribution in [1.82, 2.24) is 5.32 Å². The zero-order valence-electron chi connectivity index (χ0n) is 10.2. The van der Waals surface area contributed by atoms with Crippen LogP contribution in [0.25, 0.3) is 11.1 Å². The lowest BCUT2D eigenvalue weighted by Gasteiger charge is -2.08. The van der Waals surface area contributed by atoms with Gasteiger partial charge in [0, 0.05) is 21.6 Å². The molecule has 0 fully saturated rings. The van der Waals surface area contributed by atoms with Crippen molar-refractivity contribution in [3.8, 4) is 11.1 Å². The van der Waals surface area contributed by atoms with Crippen molar-refractivity contribution >= 4 is 27.5 Å². The van der Waals surface area contributed by atoms with Crippen LogP contribution < -0.4 is 5.32 Å². The Balaban J connectivity index is 2.29. The van der Waals surface area contributed by atoms with Crippen molar-refractivity contribution in [3.63, 3.8) is 0 Å². The SMILES string of the molecule is CCNCc1ccc(-c2cccc(Br)c2)c(Cl)c1. The standard InChI is InChI=1S/C15H15BrClN/c1-2-18-10-11-6-7-14(15(17)8-11)12-4-3-5-13(16)9-12/h3-9,18H,2,10H2,1H3. The molecule has 0 atom stereocenters. The van der Waals surface area contributed by atoms with Crippen molar-refractivity contribution < 1.29 is 0 Å². The molecule has 3 heteroatoms. The third-order valence-electron chi connectivity index (χ3n) is 2.75. The molecule has 18 heavy (non-hydrogen) atoms. The fourth-order valence-corrected chi connectivity index (χ4v) is 2.54. The van der Waals surface area contributed by atoms with Gasteiger partial charge in [-0.3, -0.25) is 0 Å². The van der Waals surface area contributed by atoms with Crippen LogP contribution >= 0.6 is 27.5 Å². The first-order valence-corrected chi connectivity index (χ1v) is 7.13. The zero-order chi connectivity index (χ0) is 13.0. The second-order valence-electron chi connectivity index (χ2n) is 4.10. The normalized spacial score (nSPS) is 10.6. The van der Waals surface area contributed by atoms with Crippen LogP contribution in [0, 0.1) is 0 Å². The van der Waals surface area contributed by atoms with Gasteiger partial charge in [0.05, 0.1) is 0 Å². The first kappa shape index (κ1) is 13.6. The van der Waals surface area contributed by atoms with E-state index in [4.69, 9.17) is 11.6 Å². The lowest BCUT2D eigenvalue weighted by atomic mass is 10.0. The predicted molar refractivity (Wildman–Crippen MR) is 82.0 cm³/mol. The summed E-state index contributed by atoms with van der Waals surface area (Å²) in [5.41, 5.74) is 3.41. The molecule has 0 aliphatic heterocycles. The molecule has 1 nitrogen and oxygen atoms in total. The van der Waals surface area contributed by atoms with Gasteiger partial charge < -0.3 is 5.32 Å². The second-order valence-corrected chi connectivity index (χ2v) is 5.43. The Bertz CT molecular complexity index is 540. The van der Waals surface area contributed by atoms with Gasteiger partial charge in [-0.25, -0.2) is 0 Å². The Morgan fingerprint density at radius 2 is 2.00 bits per heavy atom. The summed E-state index contributed by atoms with van der Waals surface area (Å²) in [5, 5.41) is 4.09. The van der Waals surface area contributed by atoms with Crippen molar-refractivity contribution in [1.29, 1.82) is 0 Å². The number of hydrogen-bond donors (Lipinski definition) is 1. The number of rotatable bonds is 4. The monoisotopic (exact) mass is 323 g/mol. The average Bonchev–Trinajstić information content (AvgIpc) is 2.36. The molecular weight excluding hydrogens is 310 g/mol. The van der Waals surface area contributed by atoms with Gasteiger partial charge in [-0.15, -0.1) is 0 Å². The summed E-state index contributed by atoms with van der Waals surface area (Å²) in [4.78, 5) is 0. The van der Waals surface area contributed by atoms with Crippen LogP contribution in [-0.4, -0.2) is 6.54 Å². The summed E-state index contributed by atoms with van der Waals surface area (Å²) in [6.45, 7) is 3.91. The third kappa shape index (κ3) is 3.35. The molecule has 0 unspecified atom stereocenters.